The summed E-state index contributed by atoms with van der Waals surface area (Å²) in [6.07, 6.45) is 2.59. The summed E-state index contributed by atoms with van der Waals surface area (Å²) in [5, 5.41) is 0. The molecule has 1 unspecified atom stereocenters. The highest BCUT2D eigenvalue weighted by atomic mass is 32.2. The molecule has 3 amide bonds. The van der Waals surface area contributed by atoms with E-state index in [0.717, 1.165) is 6.41 Å². The van der Waals surface area contributed by atoms with Crippen LogP contribution in [0.2, 0.25) is 0 Å². The van der Waals surface area contributed by atoms with Gasteiger partial charge in [0.05, 0.1) is 11.5 Å². The van der Waals surface area contributed by atoms with E-state index in [0.29, 0.717) is 38.2 Å². The highest BCUT2D eigenvalue weighted by Crippen LogP contribution is 2.19. The summed E-state index contributed by atoms with van der Waals surface area (Å²) < 4.78 is 23.3. The lowest BCUT2D eigenvalue weighted by Gasteiger charge is -2.32. The first-order chi connectivity index (χ1) is 12.8. The predicted molar refractivity (Wildman–Crippen MR) is 96.9 cm³/mol. The van der Waals surface area contributed by atoms with Crippen molar-refractivity contribution in [2.45, 2.75) is 12.5 Å². The summed E-state index contributed by atoms with van der Waals surface area (Å²) in [5.41, 5.74) is 0.458. The number of sulfone groups is 1. The largest absolute Gasteiger partial charge is 0.342 e. The molecule has 0 saturated carbocycles. The Morgan fingerprint density at radius 2 is 1.96 bits per heavy atom. The van der Waals surface area contributed by atoms with E-state index >= 15 is 0 Å². The molecule has 0 aromatic carbocycles. The molecule has 0 radical (unpaired) electrons. The van der Waals surface area contributed by atoms with Crippen LogP contribution in [0.25, 0.3) is 0 Å². The Morgan fingerprint density at radius 1 is 1.26 bits per heavy atom. The van der Waals surface area contributed by atoms with E-state index in [1.165, 1.54) is 23.2 Å². The summed E-state index contributed by atoms with van der Waals surface area (Å²) in [6, 6.07) is 2.60. The third-order valence-electron chi connectivity index (χ3n) is 5.05. The zero-order valence-corrected chi connectivity index (χ0v) is 15.9. The zero-order chi connectivity index (χ0) is 19.6. The van der Waals surface area contributed by atoms with E-state index < -0.39 is 9.84 Å². The van der Waals surface area contributed by atoms with Gasteiger partial charge < -0.3 is 14.7 Å². The fourth-order valence-electron chi connectivity index (χ4n) is 3.32. The van der Waals surface area contributed by atoms with E-state index in [1.54, 1.807) is 16.8 Å². The molecule has 0 aliphatic carbocycles. The predicted octanol–water partition coefficient (Wildman–Crippen LogP) is -0.745. The highest BCUT2D eigenvalue weighted by molar-refractivity contribution is 7.91. The monoisotopic (exact) mass is 394 g/mol. The second-order valence-corrected chi connectivity index (χ2v) is 9.06. The van der Waals surface area contributed by atoms with E-state index in [9.17, 15) is 22.8 Å². The number of rotatable bonds is 4. The Kier molecular flexibility index (Phi) is 5.45. The molecule has 1 aromatic heterocycles. The van der Waals surface area contributed by atoms with Crippen LogP contribution in [-0.2, 0) is 14.6 Å². The maximum atomic E-state index is 12.7. The van der Waals surface area contributed by atoms with Crippen LogP contribution in [0, 0.1) is 0 Å². The van der Waals surface area contributed by atoms with Crippen LogP contribution in [0.1, 0.15) is 27.3 Å². The smallest absolute Gasteiger partial charge is 0.272 e. The van der Waals surface area contributed by atoms with Crippen LogP contribution in [0.5, 0.6) is 0 Å². The molecule has 9 nitrogen and oxygen atoms in total. The normalized spacial score (nSPS) is 21.7. The number of pyridine rings is 1. The second-order valence-electron chi connectivity index (χ2n) is 6.84. The number of carbonyl (C=O) groups is 3. The molecule has 2 aliphatic heterocycles. The molecule has 10 heteroatoms. The van der Waals surface area contributed by atoms with Crippen molar-refractivity contribution in [1.29, 1.82) is 0 Å². The highest BCUT2D eigenvalue weighted by Gasteiger charge is 2.33. The molecule has 2 aliphatic rings. The minimum Gasteiger partial charge on any atom is -0.342 e. The fourth-order valence-corrected chi connectivity index (χ4v) is 5.10. The zero-order valence-electron chi connectivity index (χ0n) is 15.1. The number of nitrogens with zero attached hydrogens (tertiary/aromatic N) is 4. The molecular formula is C17H22N4O5S. The van der Waals surface area contributed by atoms with Crippen molar-refractivity contribution < 1.29 is 22.8 Å². The van der Waals surface area contributed by atoms with Gasteiger partial charge in [0.1, 0.15) is 5.69 Å². The van der Waals surface area contributed by atoms with Gasteiger partial charge in [-0.3, -0.25) is 19.4 Å². The summed E-state index contributed by atoms with van der Waals surface area (Å²) >= 11 is 0. The Labute approximate surface area is 157 Å². The molecule has 3 heterocycles. The van der Waals surface area contributed by atoms with Crippen LogP contribution in [0.3, 0.4) is 0 Å². The number of aromatic nitrogens is 1. The minimum absolute atomic E-state index is 0.0346. The van der Waals surface area contributed by atoms with Crippen LogP contribution in [0.15, 0.2) is 18.3 Å². The Bertz CT molecular complexity index is 849. The maximum absolute atomic E-state index is 12.7. The molecule has 0 spiro atoms. The van der Waals surface area contributed by atoms with Crippen LogP contribution < -0.4 is 0 Å². The van der Waals surface area contributed by atoms with Gasteiger partial charge >= 0.3 is 0 Å². The second kappa shape index (κ2) is 7.63. The van der Waals surface area contributed by atoms with Crippen molar-refractivity contribution in [3.63, 3.8) is 0 Å². The molecule has 146 valence electrons. The van der Waals surface area contributed by atoms with E-state index in [1.807, 2.05) is 0 Å². The number of piperazine rings is 1. The van der Waals surface area contributed by atoms with Crippen molar-refractivity contribution in [1.82, 2.24) is 19.7 Å². The van der Waals surface area contributed by atoms with Crippen LogP contribution >= 0.6 is 0 Å². The number of hydrogen-bond acceptors (Lipinski definition) is 6. The lowest BCUT2D eigenvalue weighted by Crippen LogP contribution is -2.48. The summed E-state index contributed by atoms with van der Waals surface area (Å²) in [7, 11) is -1.52. The SMILES string of the molecule is CN(C(=O)c1ccnc(C(=O)N2CCN(C=O)CC2)c1)C1CCS(=O)(=O)C1. The van der Waals surface area contributed by atoms with Gasteiger partial charge in [0.15, 0.2) is 9.84 Å². The summed E-state index contributed by atoms with van der Waals surface area (Å²) in [6.45, 7) is 1.76. The lowest BCUT2D eigenvalue weighted by atomic mass is 10.1. The van der Waals surface area contributed by atoms with Crippen molar-refractivity contribution in [3.05, 3.63) is 29.6 Å². The van der Waals surface area contributed by atoms with E-state index in [2.05, 4.69) is 4.98 Å². The van der Waals surface area contributed by atoms with Gasteiger partial charge in [-0.05, 0) is 18.6 Å². The van der Waals surface area contributed by atoms with Gasteiger partial charge in [0, 0.05) is 51.0 Å². The van der Waals surface area contributed by atoms with Crippen molar-refractivity contribution in [2.24, 2.45) is 0 Å². The van der Waals surface area contributed by atoms with Gasteiger partial charge in [0.2, 0.25) is 6.41 Å². The van der Waals surface area contributed by atoms with Gasteiger partial charge in [0.25, 0.3) is 11.8 Å². The molecular weight excluding hydrogens is 372 g/mol. The molecule has 0 bridgehead atoms. The van der Waals surface area contributed by atoms with Crippen molar-refractivity contribution in [2.75, 3.05) is 44.7 Å². The molecule has 27 heavy (non-hydrogen) atoms. The number of amides is 3. The van der Waals surface area contributed by atoms with Gasteiger partial charge in [-0.2, -0.15) is 0 Å². The number of hydrogen-bond donors (Lipinski definition) is 0. The first kappa shape index (κ1) is 19.3. The van der Waals surface area contributed by atoms with Gasteiger partial charge in [-0.15, -0.1) is 0 Å². The summed E-state index contributed by atoms with van der Waals surface area (Å²) in [5.74, 6) is -0.574. The maximum Gasteiger partial charge on any atom is 0.272 e. The molecule has 2 fully saturated rings. The standard InChI is InChI=1S/C17H22N4O5S/c1-19(14-3-9-27(25,26)11-14)16(23)13-2-4-18-15(10-13)17(24)21-7-5-20(12-22)6-8-21/h2,4,10,12,14H,3,5-9,11H2,1H3. The lowest BCUT2D eigenvalue weighted by molar-refractivity contribution is -0.119. The van der Waals surface area contributed by atoms with Crippen LogP contribution in [0.4, 0.5) is 0 Å². The summed E-state index contributed by atoms with van der Waals surface area (Å²) in [4.78, 5) is 44.8. The molecule has 1 atom stereocenters. The average molecular weight is 394 g/mol. The van der Waals surface area contributed by atoms with Crippen molar-refractivity contribution >= 4 is 28.1 Å². The average Bonchev–Trinajstić information content (AvgIpc) is 3.06. The van der Waals surface area contributed by atoms with E-state index in [4.69, 9.17) is 0 Å². The Hall–Kier alpha value is -2.49. The number of carbonyl (C=O) groups excluding carboxylic acids is 3. The van der Waals surface area contributed by atoms with E-state index in [-0.39, 0.29) is 35.1 Å². The van der Waals surface area contributed by atoms with Crippen molar-refractivity contribution in [3.8, 4) is 0 Å². The van der Waals surface area contributed by atoms with Crippen LogP contribution in [-0.4, -0.2) is 97.1 Å². The molecule has 2 saturated heterocycles. The fraction of sp³-hybridized carbons (Fsp3) is 0.529. The quantitative estimate of drug-likeness (QED) is 0.622. The first-order valence-electron chi connectivity index (χ1n) is 8.73. The third-order valence-corrected chi connectivity index (χ3v) is 6.80. The topological polar surface area (TPSA) is 108 Å². The minimum atomic E-state index is -3.09. The van der Waals surface area contributed by atoms with Gasteiger partial charge in [-0.1, -0.05) is 0 Å². The Balaban J connectivity index is 1.70. The molecule has 1 aromatic rings. The molecule has 0 N–H and O–H groups in total. The third kappa shape index (κ3) is 4.26. The Morgan fingerprint density at radius 3 is 2.56 bits per heavy atom. The molecule has 3 rings (SSSR count). The first-order valence-corrected chi connectivity index (χ1v) is 10.5. The van der Waals surface area contributed by atoms with Gasteiger partial charge in [-0.25, -0.2) is 8.42 Å².